The van der Waals surface area contributed by atoms with Crippen LogP contribution in [-0.4, -0.2) is 48.0 Å². The minimum Gasteiger partial charge on any atom is -0.448 e. The lowest BCUT2D eigenvalue weighted by atomic mass is 10.1. The summed E-state index contributed by atoms with van der Waals surface area (Å²) in [6.07, 6.45) is -1.02. The summed E-state index contributed by atoms with van der Waals surface area (Å²) < 4.78 is 11.4. The predicted octanol–water partition coefficient (Wildman–Crippen LogP) is 1.75. The van der Waals surface area contributed by atoms with Gasteiger partial charge >= 0.3 is 5.97 Å². The van der Waals surface area contributed by atoms with Crippen molar-refractivity contribution >= 4 is 22.6 Å². The summed E-state index contributed by atoms with van der Waals surface area (Å²) in [5.74, 6) is -1.22. The van der Waals surface area contributed by atoms with Gasteiger partial charge in [-0.2, -0.15) is 5.10 Å². The fourth-order valence-corrected chi connectivity index (χ4v) is 2.94. The zero-order valence-corrected chi connectivity index (χ0v) is 16.8. The largest absolute Gasteiger partial charge is 0.448 e. The van der Waals surface area contributed by atoms with Crippen LogP contribution in [0.15, 0.2) is 59.4 Å². The van der Waals surface area contributed by atoms with E-state index in [0.717, 1.165) is 5.56 Å². The molecule has 8 heteroatoms. The number of esters is 1. The first-order valence-electron chi connectivity index (χ1n) is 9.52. The highest BCUT2D eigenvalue weighted by atomic mass is 16.5. The second kappa shape index (κ2) is 9.80. The quantitative estimate of drug-likeness (QED) is 0.450. The van der Waals surface area contributed by atoms with E-state index in [4.69, 9.17) is 9.47 Å². The number of methoxy groups -OCH3 is 1. The van der Waals surface area contributed by atoms with Gasteiger partial charge in [-0.25, -0.2) is 9.48 Å². The third-order valence-corrected chi connectivity index (χ3v) is 4.49. The number of benzene rings is 2. The van der Waals surface area contributed by atoms with Crippen LogP contribution in [0.1, 0.15) is 23.0 Å². The molecule has 0 spiro atoms. The number of carbonyl (C=O) groups excluding carboxylic acids is 2. The Labute approximate surface area is 173 Å². The van der Waals surface area contributed by atoms with Gasteiger partial charge < -0.3 is 14.8 Å². The Morgan fingerprint density at radius 3 is 2.43 bits per heavy atom. The van der Waals surface area contributed by atoms with Crippen LogP contribution in [0.3, 0.4) is 0 Å². The molecule has 0 saturated heterocycles. The Morgan fingerprint density at radius 2 is 1.73 bits per heavy atom. The third kappa shape index (κ3) is 4.90. The lowest BCUT2D eigenvalue weighted by Crippen LogP contribution is -2.38. The molecule has 1 heterocycles. The van der Waals surface area contributed by atoms with E-state index >= 15 is 0 Å². The maximum absolute atomic E-state index is 12.9. The topological polar surface area (TPSA) is 99.5 Å². The van der Waals surface area contributed by atoms with Gasteiger partial charge in [-0.3, -0.25) is 9.59 Å². The van der Waals surface area contributed by atoms with Crippen molar-refractivity contribution in [2.24, 2.45) is 0 Å². The highest BCUT2D eigenvalue weighted by Crippen LogP contribution is 2.15. The van der Waals surface area contributed by atoms with E-state index in [9.17, 15) is 14.4 Å². The molecular formula is C22H23N3O5. The van der Waals surface area contributed by atoms with Gasteiger partial charge in [0.25, 0.3) is 11.5 Å². The summed E-state index contributed by atoms with van der Waals surface area (Å²) >= 11 is 0. The molecule has 30 heavy (non-hydrogen) atoms. The first-order valence-corrected chi connectivity index (χ1v) is 9.52. The van der Waals surface area contributed by atoms with Gasteiger partial charge in [0.1, 0.15) is 0 Å². The molecule has 3 rings (SSSR count). The lowest BCUT2D eigenvalue weighted by Gasteiger charge is -2.15. The summed E-state index contributed by atoms with van der Waals surface area (Å²) in [5.41, 5.74) is 0.543. The van der Waals surface area contributed by atoms with Gasteiger partial charge in [-0.05, 0) is 18.6 Å². The number of nitrogens with one attached hydrogen (secondary N) is 1. The standard InChI is InChI=1S/C22H23N3O5/c1-15(20(26)23-12-13-29-2)30-22(28)19-17-10-6-7-11-18(17)21(27)25(24-19)14-16-8-4-3-5-9-16/h3-11,15H,12-14H2,1-2H3,(H,23,26)/t15-/m1/s1. The second-order valence-electron chi connectivity index (χ2n) is 6.67. The summed E-state index contributed by atoms with van der Waals surface area (Å²) in [6.45, 7) is 2.34. The van der Waals surface area contributed by atoms with Crippen molar-refractivity contribution in [2.45, 2.75) is 19.6 Å². The number of aromatic nitrogens is 2. The van der Waals surface area contributed by atoms with Crippen molar-refractivity contribution in [2.75, 3.05) is 20.3 Å². The van der Waals surface area contributed by atoms with Crippen molar-refractivity contribution in [1.82, 2.24) is 15.1 Å². The van der Waals surface area contributed by atoms with Crippen molar-refractivity contribution in [1.29, 1.82) is 0 Å². The minimum absolute atomic E-state index is 0.0160. The van der Waals surface area contributed by atoms with Gasteiger partial charge in [-0.15, -0.1) is 0 Å². The average Bonchev–Trinajstić information content (AvgIpc) is 2.76. The van der Waals surface area contributed by atoms with Crippen LogP contribution in [0.4, 0.5) is 0 Å². The van der Waals surface area contributed by atoms with E-state index in [0.29, 0.717) is 23.9 Å². The number of fused-ring (bicyclic) bond motifs is 1. The van der Waals surface area contributed by atoms with E-state index in [-0.39, 0.29) is 17.8 Å². The van der Waals surface area contributed by atoms with Crippen LogP contribution in [0.2, 0.25) is 0 Å². The molecule has 1 atom stereocenters. The molecule has 1 N–H and O–H groups in total. The lowest BCUT2D eigenvalue weighted by molar-refractivity contribution is -0.129. The van der Waals surface area contributed by atoms with Crippen LogP contribution in [-0.2, 0) is 20.8 Å². The van der Waals surface area contributed by atoms with Gasteiger partial charge in [0.2, 0.25) is 0 Å². The maximum Gasteiger partial charge on any atom is 0.360 e. The molecule has 0 fully saturated rings. The summed E-state index contributed by atoms with van der Waals surface area (Å²) in [7, 11) is 1.52. The van der Waals surface area contributed by atoms with Crippen LogP contribution in [0.25, 0.3) is 10.8 Å². The Morgan fingerprint density at radius 1 is 1.07 bits per heavy atom. The minimum atomic E-state index is -1.02. The van der Waals surface area contributed by atoms with Gasteiger partial charge in [0.05, 0.1) is 18.5 Å². The van der Waals surface area contributed by atoms with Crippen molar-refractivity contribution in [3.05, 3.63) is 76.2 Å². The summed E-state index contributed by atoms with van der Waals surface area (Å²) in [4.78, 5) is 37.8. The zero-order chi connectivity index (χ0) is 21.5. The molecule has 0 bridgehead atoms. The Hall–Kier alpha value is -3.52. The Kier molecular flexibility index (Phi) is 6.92. The highest BCUT2D eigenvalue weighted by molar-refractivity contribution is 6.02. The van der Waals surface area contributed by atoms with Gasteiger partial charge in [0.15, 0.2) is 11.8 Å². The number of nitrogens with zero attached hydrogens (tertiary/aromatic N) is 2. The molecule has 1 amide bonds. The van der Waals surface area contributed by atoms with Gasteiger partial charge in [0, 0.05) is 19.0 Å². The molecule has 0 saturated carbocycles. The number of rotatable bonds is 8. The van der Waals surface area contributed by atoms with E-state index in [1.165, 1.54) is 18.7 Å². The zero-order valence-electron chi connectivity index (χ0n) is 16.8. The fraction of sp³-hybridized carbons (Fsp3) is 0.273. The summed E-state index contributed by atoms with van der Waals surface area (Å²) in [6, 6.07) is 16.0. The Balaban J connectivity index is 1.90. The number of hydrogen-bond acceptors (Lipinski definition) is 6. The van der Waals surface area contributed by atoms with E-state index < -0.39 is 18.0 Å². The first kappa shape index (κ1) is 21.2. The molecule has 2 aromatic carbocycles. The van der Waals surface area contributed by atoms with Crippen LogP contribution in [0, 0.1) is 0 Å². The molecule has 8 nitrogen and oxygen atoms in total. The number of ether oxygens (including phenoxy) is 2. The maximum atomic E-state index is 12.9. The Bertz CT molecular complexity index is 1090. The van der Waals surface area contributed by atoms with Crippen molar-refractivity contribution < 1.29 is 19.1 Å². The third-order valence-electron chi connectivity index (χ3n) is 4.49. The fourth-order valence-electron chi connectivity index (χ4n) is 2.94. The molecule has 0 aliphatic carbocycles. The van der Waals surface area contributed by atoms with E-state index in [1.807, 2.05) is 30.3 Å². The number of amides is 1. The predicted molar refractivity (Wildman–Crippen MR) is 111 cm³/mol. The SMILES string of the molecule is COCCNC(=O)[C@@H](C)OC(=O)c1nn(Cc2ccccc2)c(=O)c2ccccc12. The molecule has 156 valence electrons. The van der Waals surface area contributed by atoms with Gasteiger partial charge in [-0.1, -0.05) is 48.5 Å². The first-order chi connectivity index (χ1) is 14.5. The van der Waals surface area contributed by atoms with Crippen LogP contribution in [0.5, 0.6) is 0 Å². The molecule has 0 radical (unpaired) electrons. The number of hydrogen-bond donors (Lipinski definition) is 1. The number of carbonyl (C=O) groups is 2. The second-order valence-corrected chi connectivity index (χ2v) is 6.67. The molecule has 3 aromatic rings. The molecule has 0 unspecified atom stereocenters. The molecule has 0 aliphatic heterocycles. The smallest absolute Gasteiger partial charge is 0.360 e. The normalized spacial score (nSPS) is 11.8. The van der Waals surface area contributed by atoms with Crippen LogP contribution < -0.4 is 10.9 Å². The monoisotopic (exact) mass is 409 g/mol. The highest BCUT2D eigenvalue weighted by Gasteiger charge is 2.23. The average molecular weight is 409 g/mol. The molecule has 1 aromatic heterocycles. The molecular weight excluding hydrogens is 386 g/mol. The summed E-state index contributed by atoms with van der Waals surface area (Å²) in [5, 5.41) is 7.61. The van der Waals surface area contributed by atoms with E-state index in [1.54, 1.807) is 24.3 Å². The van der Waals surface area contributed by atoms with Crippen molar-refractivity contribution in [3.63, 3.8) is 0 Å². The molecule has 0 aliphatic rings. The van der Waals surface area contributed by atoms with E-state index in [2.05, 4.69) is 10.4 Å². The van der Waals surface area contributed by atoms with Crippen molar-refractivity contribution in [3.8, 4) is 0 Å². The van der Waals surface area contributed by atoms with Crippen LogP contribution >= 0.6 is 0 Å².